The monoisotopic (exact) mass is 262 g/mol. The average molecular weight is 262 g/mol. The van der Waals surface area contributed by atoms with E-state index in [-0.39, 0.29) is 5.92 Å². The molecular weight excluding hydrogens is 246 g/mol. The summed E-state index contributed by atoms with van der Waals surface area (Å²) in [5, 5.41) is 0. The van der Waals surface area contributed by atoms with Gasteiger partial charge in [0.05, 0.1) is 0 Å². The Balaban J connectivity index is 1.90. The zero-order chi connectivity index (χ0) is 13.6. The molecule has 2 unspecified atom stereocenters. The van der Waals surface area contributed by atoms with E-state index in [0.29, 0.717) is 24.0 Å². The molecule has 0 bridgehead atoms. The summed E-state index contributed by atoms with van der Waals surface area (Å²) in [6.45, 7) is 1.48. The van der Waals surface area contributed by atoms with Crippen molar-refractivity contribution >= 4 is 5.78 Å². The van der Waals surface area contributed by atoms with Crippen molar-refractivity contribution in [3.05, 3.63) is 47.0 Å². The number of Topliss-reactive ketones (excluding diaryl/α,β-unsaturated/α-hetero) is 1. The molecule has 1 aromatic carbocycles. The van der Waals surface area contributed by atoms with E-state index in [1.165, 1.54) is 12.5 Å². The molecule has 0 N–H and O–H groups in total. The van der Waals surface area contributed by atoms with Gasteiger partial charge in [0.2, 0.25) is 5.78 Å². The van der Waals surface area contributed by atoms with Crippen LogP contribution >= 0.6 is 0 Å². The Morgan fingerprint density at radius 3 is 2.58 bits per heavy atom. The summed E-state index contributed by atoms with van der Waals surface area (Å²) in [6, 6.07) is 9.96. The van der Waals surface area contributed by atoms with Gasteiger partial charge in [-0.05, 0) is 30.7 Å². The van der Waals surface area contributed by atoms with Gasteiger partial charge >= 0.3 is 5.92 Å². The van der Waals surface area contributed by atoms with Crippen molar-refractivity contribution in [2.45, 2.75) is 38.0 Å². The Kier molecular flexibility index (Phi) is 2.80. The van der Waals surface area contributed by atoms with Crippen LogP contribution in [0, 0.1) is 5.92 Å². The summed E-state index contributed by atoms with van der Waals surface area (Å²) in [7, 11) is 0. The average Bonchev–Trinajstić information content (AvgIpc) is 2.61. The SMILES string of the molecule is CC1C2=C(CCC(c3ccccc3)C2)C(=O)C1(F)F. The molecule has 3 rings (SSSR count). The van der Waals surface area contributed by atoms with E-state index in [1.54, 1.807) is 0 Å². The lowest BCUT2D eigenvalue weighted by Gasteiger charge is -2.25. The first-order valence-corrected chi connectivity index (χ1v) is 6.71. The number of hydrogen-bond acceptors (Lipinski definition) is 1. The van der Waals surface area contributed by atoms with Gasteiger partial charge in [0.15, 0.2) is 0 Å². The molecule has 19 heavy (non-hydrogen) atoms. The minimum Gasteiger partial charge on any atom is -0.288 e. The third-order valence-electron chi connectivity index (χ3n) is 4.51. The molecule has 0 heterocycles. The quantitative estimate of drug-likeness (QED) is 0.744. The normalized spacial score (nSPS) is 29.5. The van der Waals surface area contributed by atoms with Gasteiger partial charge in [0.25, 0.3) is 0 Å². The predicted molar refractivity (Wildman–Crippen MR) is 69.2 cm³/mol. The molecule has 0 saturated carbocycles. The number of ketones is 1. The van der Waals surface area contributed by atoms with Crippen molar-refractivity contribution in [2.24, 2.45) is 5.92 Å². The fourth-order valence-corrected chi connectivity index (χ4v) is 3.29. The van der Waals surface area contributed by atoms with Crippen molar-refractivity contribution in [1.82, 2.24) is 0 Å². The maximum atomic E-state index is 13.8. The third-order valence-corrected chi connectivity index (χ3v) is 4.51. The topological polar surface area (TPSA) is 17.1 Å². The second kappa shape index (κ2) is 4.26. The highest BCUT2D eigenvalue weighted by molar-refractivity contribution is 6.04. The van der Waals surface area contributed by atoms with Gasteiger partial charge in [0.1, 0.15) is 0 Å². The van der Waals surface area contributed by atoms with E-state index in [4.69, 9.17) is 0 Å². The zero-order valence-electron chi connectivity index (χ0n) is 10.8. The molecular formula is C16H16F2O. The maximum absolute atomic E-state index is 13.8. The largest absolute Gasteiger partial charge is 0.315 e. The van der Waals surface area contributed by atoms with Crippen LogP contribution in [0.25, 0.3) is 0 Å². The Bertz CT molecular complexity index is 545. The fourth-order valence-electron chi connectivity index (χ4n) is 3.29. The Labute approximate surface area is 111 Å². The van der Waals surface area contributed by atoms with Gasteiger partial charge in [0, 0.05) is 11.5 Å². The highest BCUT2D eigenvalue weighted by Crippen LogP contribution is 2.50. The maximum Gasteiger partial charge on any atom is 0.315 e. The standard InChI is InChI=1S/C16H16F2O/c1-10-14-9-12(11-5-3-2-4-6-11)7-8-13(14)15(19)16(10,17)18/h2-6,10,12H,7-9H2,1H3. The summed E-state index contributed by atoms with van der Waals surface area (Å²) in [6.07, 6.45) is 1.88. The van der Waals surface area contributed by atoms with Crippen LogP contribution in [0.1, 0.15) is 37.7 Å². The van der Waals surface area contributed by atoms with E-state index in [9.17, 15) is 13.6 Å². The molecule has 2 atom stereocenters. The van der Waals surface area contributed by atoms with Crippen LogP contribution < -0.4 is 0 Å². The zero-order valence-corrected chi connectivity index (χ0v) is 10.8. The smallest absolute Gasteiger partial charge is 0.288 e. The molecule has 1 aromatic rings. The fraction of sp³-hybridized carbons (Fsp3) is 0.438. The first-order valence-electron chi connectivity index (χ1n) is 6.71. The van der Waals surface area contributed by atoms with Crippen LogP contribution in [-0.4, -0.2) is 11.7 Å². The van der Waals surface area contributed by atoms with Gasteiger partial charge in [-0.1, -0.05) is 42.8 Å². The van der Waals surface area contributed by atoms with E-state index in [1.807, 2.05) is 30.3 Å². The summed E-state index contributed by atoms with van der Waals surface area (Å²) in [5.74, 6) is -4.77. The number of halogens is 2. The van der Waals surface area contributed by atoms with E-state index in [0.717, 1.165) is 6.42 Å². The van der Waals surface area contributed by atoms with E-state index >= 15 is 0 Å². The highest BCUT2D eigenvalue weighted by Gasteiger charge is 2.54. The molecule has 0 aliphatic heterocycles. The molecule has 100 valence electrons. The second-order valence-electron chi connectivity index (χ2n) is 5.53. The lowest BCUT2D eigenvalue weighted by atomic mass is 9.79. The van der Waals surface area contributed by atoms with Gasteiger partial charge in [-0.15, -0.1) is 0 Å². The van der Waals surface area contributed by atoms with Gasteiger partial charge in [-0.25, -0.2) is 0 Å². The molecule has 0 amide bonds. The van der Waals surface area contributed by atoms with Crippen LogP contribution in [0.2, 0.25) is 0 Å². The molecule has 3 heteroatoms. The van der Waals surface area contributed by atoms with Gasteiger partial charge < -0.3 is 0 Å². The summed E-state index contributed by atoms with van der Waals surface area (Å²) in [4.78, 5) is 11.7. The summed E-state index contributed by atoms with van der Waals surface area (Å²) < 4.78 is 27.5. The van der Waals surface area contributed by atoms with Crippen molar-refractivity contribution < 1.29 is 13.6 Å². The number of carbonyl (C=O) groups is 1. The summed E-state index contributed by atoms with van der Waals surface area (Å²) >= 11 is 0. The molecule has 0 aromatic heterocycles. The van der Waals surface area contributed by atoms with E-state index < -0.39 is 17.6 Å². The second-order valence-corrected chi connectivity index (χ2v) is 5.53. The first kappa shape index (κ1) is 12.5. The molecule has 0 radical (unpaired) electrons. The number of benzene rings is 1. The Morgan fingerprint density at radius 1 is 1.21 bits per heavy atom. The molecule has 2 aliphatic carbocycles. The van der Waals surface area contributed by atoms with Gasteiger partial charge in [-0.3, -0.25) is 4.79 Å². The van der Waals surface area contributed by atoms with Crippen molar-refractivity contribution in [3.63, 3.8) is 0 Å². The van der Waals surface area contributed by atoms with Crippen molar-refractivity contribution in [1.29, 1.82) is 0 Å². The molecule has 2 aliphatic rings. The Hall–Kier alpha value is -1.51. The number of allylic oxidation sites excluding steroid dienone is 2. The van der Waals surface area contributed by atoms with E-state index in [2.05, 4.69) is 0 Å². The van der Waals surface area contributed by atoms with Crippen LogP contribution in [0.5, 0.6) is 0 Å². The van der Waals surface area contributed by atoms with Crippen molar-refractivity contribution in [3.8, 4) is 0 Å². The lowest BCUT2D eigenvalue weighted by molar-refractivity contribution is -0.140. The molecule has 0 fully saturated rings. The first-order chi connectivity index (χ1) is 9.01. The number of alkyl halides is 2. The number of hydrogen-bond donors (Lipinski definition) is 0. The van der Waals surface area contributed by atoms with Crippen LogP contribution in [0.4, 0.5) is 8.78 Å². The van der Waals surface area contributed by atoms with Crippen LogP contribution in [-0.2, 0) is 4.79 Å². The minimum atomic E-state index is -3.18. The number of carbonyl (C=O) groups excluding carboxylic acids is 1. The van der Waals surface area contributed by atoms with Gasteiger partial charge in [-0.2, -0.15) is 8.78 Å². The number of rotatable bonds is 1. The highest BCUT2D eigenvalue weighted by atomic mass is 19.3. The minimum absolute atomic E-state index is 0.268. The van der Waals surface area contributed by atoms with Crippen molar-refractivity contribution in [2.75, 3.05) is 0 Å². The predicted octanol–water partition coefficient (Wildman–Crippen LogP) is 4.10. The molecule has 0 spiro atoms. The Morgan fingerprint density at radius 2 is 1.89 bits per heavy atom. The molecule has 0 saturated heterocycles. The van der Waals surface area contributed by atoms with Crippen LogP contribution in [0.15, 0.2) is 41.5 Å². The molecule has 1 nitrogen and oxygen atoms in total. The lowest BCUT2D eigenvalue weighted by Crippen LogP contribution is -2.30. The third kappa shape index (κ3) is 1.83. The van der Waals surface area contributed by atoms with Crippen LogP contribution in [0.3, 0.4) is 0 Å². The summed E-state index contributed by atoms with van der Waals surface area (Å²) in [5.41, 5.74) is 2.28.